The molecule has 0 amide bonds. The lowest BCUT2D eigenvalue weighted by molar-refractivity contribution is 0.0699. The first-order valence-electron chi connectivity index (χ1n) is 4.17. The second-order valence-electron chi connectivity index (χ2n) is 3.07. The van der Waals surface area contributed by atoms with Crippen LogP contribution in [0.15, 0.2) is 24.3 Å². The van der Waals surface area contributed by atoms with Gasteiger partial charge in [0.15, 0.2) is 0 Å². The molecule has 15 heavy (non-hydrogen) atoms. The van der Waals surface area contributed by atoms with E-state index in [2.05, 4.69) is 4.98 Å². The van der Waals surface area contributed by atoms with Crippen molar-refractivity contribution in [1.29, 1.82) is 0 Å². The molecule has 1 aromatic carbocycles. The Balaban J connectivity index is 2.86. The van der Waals surface area contributed by atoms with Crippen LogP contribution >= 0.6 is 11.6 Å². The van der Waals surface area contributed by atoms with Gasteiger partial charge in [-0.05, 0) is 24.3 Å². The quantitative estimate of drug-likeness (QED) is 0.573. The molecule has 0 radical (unpaired) electrons. The van der Waals surface area contributed by atoms with Crippen LogP contribution in [0, 0.1) is 0 Å². The smallest absolute Gasteiger partial charge is 0.336 e. The Morgan fingerprint density at radius 2 is 2.13 bits per heavy atom. The van der Waals surface area contributed by atoms with E-state index in [9.17, 15) is 4.79 Å². The molecule has 0 fully saturated rings. The summed E-state index contributed by atoms with van der Waals surface area (Å²) in [6, 6.07) is 6.16. The Morgan fingerprint density at radius 3 is 2.80 bits per heavy atom. The van der Waals surface area contributed by atoms with Gasteiger partial charge in [0, 0.05) is 11.1 Å². The lowest BCUT2D eigenvalue weighted by atomic mass is 10.1. The van der Waals surface area contributed by atoms with Crippen molar-refractivity contribution in [1.82, 2.24) is 4.98 Å². The number of rotatable bonds is 1. The zero-order chi connectivity index (χ0) is 11.0. The van der Waals surface area contributed by atoms with Crippen molar-refractivity contribution < 1.29 is 9.90 Å². The Morgan fingerprint density at radius 1 is 1.40 bits per heavy atom. The zero-order valence-electron chi connectivity index (χ0n) is 7.57. The molecule has 76 valence electrons. The SMILES string of the molecule is Nc1ccc2c(C(=O)O)cc(Cl)nc2c1. The molecule has 0 unspecified atom stereocenters. The number of hydrogen-bond acceptors (Lipinski definition) is 3. The fourth-order valence-electron chi connectivity index (χ4n) is 1.39. The van der Waals surface area contributed by atoms with E-state index in [4.69, 9.17) is 22.4 Å². The predicted octanol–water partition coefficient (Wildman–Crippen LogP) is 2.17. The van der Waals surface area contributed by atoms with Crippen molar-refractivity contribution >= 4 is 34.2 Å². The highest BCUT2D eigenvalue weighted by Gasteiger charge is 2.10. The van der Waals surface area contributed by atoms with Crippen LogP contribution in [-0.2, 0) is 0 Å². The van der Waals surface area contributed by atoms with Gasteiger partial charge in [0.1, 0.15) is 5.15 Å². The number of aromatic carboxylic acids is 1. The number of nitrogens with zero attached hydrogens (tertiary/aromatic N) is 1. The number of aromatic nitrogens is 1. The molecule has 0 spiro atoms. The van der Waals surface area contributed by atoms with E-state index in [1.807, 2.05) is 0 Å². The van der Waals surface area contributed by atoms with E-state index >= 15 is 0 Å². The standard InChI is InChI=1S/C10H7ClN2O2/c11-9-4-7(10(14)15)6-2-1-5(12)3-8(6)13-9/h1-4H,12H2,(H,14,15). The molecule has 2 rings (SSSR count). The van der Waals surface area contributed by atoms with Gasteiger partial charge >= 0.3 is 5.97 Å². The van der Waals surface area contributed by atoms with Crippen molar-refractivity contribution in [3.63, 3.8) is 0 Å². The largest absolute Gasteiger partial charge is 0.478 e. The molecule has 0 saturated carbocycles. The Labute approximate surface area is 90.3 Å². The monoisotopic (exact) mass is 222 g/mol. The van der Waals surface area contributed by atoms with Crippen LogP contribution in [0.1, 0.15) is 10.4 Å². The molecular weight excluding hydrogens is 216 g/mol. The van der Waals surface area contributed by atoms with Gasteiger partial charge in [-0.2, -0.15) is 0 Å². The molecule has 0 saturated heterocycles. The highest BCUT2D eigenvalue weighted by Crippen LogP contribution is 2.22. The van der Waals surface area contributed by atoms with Gasteiger partial charge in [-0.15, -0.1) is 0 Å². The third kappa shape index (κ3) is 1.71. The number of nitrogens with two attached hydrogens (primary N) is 1. The van der Waals surface area contributed by atoms with Crippen LogP contribution in [0.2, 0.25) is 5.15 Å². The summed E-state index contributed by atoms with van der Waals surface area (Å²) in [5.74, 6) is -1.03. The van der Waals surface area contributed by atoms with E-state index < -0.39 is 5.97 Å². The lowest BCUT2D eigenvalue weighted by Gasteiger charge is -2.03. The van der Waals surface area contributed by atoms with Crippen molar-refractivity contribution in [3.05, 3.63) is 35.0 Å². The van der Waals surface area contributed by atoms with Gasteiger partial charge in [-0.1, -0.05) is 11.6 Å². The van der Waals surface area contributed by atoms with Crippen LogP contribution in [-0.4, -0.2) is 16.1 Å². The molecule has 1 aromatic heterocycles. The molecule has 4 nitrogen and oxygen atoms in total. The maximum atomic E-state index is 10.9. The molecule has 1 heterocycles. The van der Waals surface area contributed by atoms with Crippen LogP contribution in [0.25, 0.3) is 10.9 Å². The summed E-state index contributed by atoms with van der Waals surface area (Å²) < 4.78 is 0. The lowest BCUT2D eigenvalue weighted by Crippen LogP contribution is -1.99. The number of pyridine rings is 1. The number of hydrogen-bond donors (Lipinski definition) is 2. The molecule has 5 heteroatoms. The summed E-state index contributed by atoms with van der Waals surface area (Å²) in [6.45, 7) is 0. The van der Waals surface area contributed by atoms with Crippen LogP contribution < -0.4 is 5.73 Å². The zero-order valence-corrected chi connectivity index (χ0v) is 8.32. The Hall–Kier alpha value is -1.81. The summed E-state index contributed by atoms with van der Waals surface area (Å²) in [4.78, 5) is 14.9. The van der Waals surface area contributed by atoms with Crippen LogP contribution in [0.3, 0.4) is 0 Å². The van der Waals surface area contributed by atoms with Crippen molar-refractivity contribution in [2.45, 2.75) is 0 Å². The maximum Gasteiger partial charge on any atom is 0.336 e. The fraction of sp³-hybridized carbons (Fsp3) is 0. The summed E-state index contributed by atoms with van der Waals surface area (Å²) >= 11 is 5.70. The number of carbonyl (C=O) groups is 1. The highest BCUT2D eigenvalue weighted by molar-refractivity contribution is 6.30. The second-order valence-corrected chi connectivity index (χ2v) is 3.46. The first-order valence-corrected chi connectivity index (χ1v) is 4.55. The number of nitrogen functional groups attached to an aromatic ring is 1. The van der Waals surface area contributed by atoms with Crippen LogP contribution in [0.4, 0.5) is 5.69 Å². The molecule has 0 aliphatic carbocycles. The van der Waals surface area contributed by atoms with Gasteiger partial charge in [0.2, 0.25) is 0 Å². The van der Waals surface area contributed by atoms with Gasteiger partial charge < -0.3 is 10.8 Å². The molecule has 0 atom stereocenters. The van der Waals surface area contributed by atoms with E-state index in [-0.39, 0.29) is 10.7 Å². The number of halogens is 1. The van der Waals surface area contributed by atoms with E-state index in [0.29, 0.717) is 16.6 Å². The third-order valence-electron chi connectivity index (χ3n) is 2.03. The van der Waals surface area contributed by atoms with Crippen LogP contribution in [0.5, 0.6) is 0 Å². The number of carboxylic acid groups (broad SMARTS) is 1. The Kier molecular flexibility index (Phi) is 2.21. The van der Waals surface area contributed by atoms with E-state index in [0.717, 1.165) is 0 Å². The summed E-state index contributed by atoms with van der Waals surface area (Å²) in [5, 5.41) is 9.63. The summed E-state index contributed by atoms with van der Waals surface area (Å²) in [6.07, 6.45) is 0. The topological polar surface area (TPSA) is 76.2 Å². The van der Waals surface area contributed by atoms with Crippen molar-refractivity contribution in [2.75, 3.05) is 5.73 Å². The minimum absolute atomic E-state index is 0.130. The molecule has 0 aliphatic heterocycles. The Bertz CT molecular complexity index is 549. The number of benzene rings is 1. The summed E-state index contributed by atoms with van der Waals surface area (Å²) in [5.41, 5.74) is 6.71. The summed E-state index contributed by atoms with van der Waals surface area (Å²) in [7, 11) is 0. The highest BCUT2D eigenvalue weighted by atomic mass is 35.5. The average molecular weight is 223 g/mol. The first kappa shape index (κ1) is 9.73. The minimum Gasteiger partial charge on any atom is -0.478 e. The number of fused-ring (bicyclic) bond motifs is 1. The number of carboxylic acids is 1. The maximum absolute atomic E-state index is 10.9. The van der Waals surface area contributed by atoms with Crippen molar-refractivity contribution in [2.24, 2.45) is 0 Å². The molecule has 0 aliphatic rings. The average Bonchev–Trinajstić information content (AvgIpc) is 2.15. The molecule has 0 bridgehead atoms. The number of anilines is 1. The van der Waals surface area contributed by atoms with Gasteiger partial charge in [0.25, 0.3) is 0 Å². The second kappa shape index (κ2) is 3.40. The third-order valence-corrected chi connectivity index (χ3v) is 2.23. The molecular formula is C10H7ClN2O2. The van der Waals surface area contributed by atoms with E-state index in [1.54, 1.807) is 18.2 Å². The predicted molar refractivity (Wildman–Crippen MR) is 58.1 cm³/mol. The fourth-order valence-corrected chi connectivity index (χ4v) is 1.59. The van der Waals surface area contributed by atoms with E-state index in [1.165, 1.54) is 6.07 Å². The first-order chi connectivity index (χ1) is 7.08. The minimum atomic E-state index is -1.03. The van der Waals surface area contributed by atoms with Crippen molar-refractivity contribution in [3.8, 4) is 0 Å². The normalized spacial score (nSPS) is 10.5. The van der Waals surface area contributed by atoms with Gasteiger partial charge in [-0.25, -0.2) is 9.78 Å². The van der Waals surface area contributed by atoms with Gasteiger partial charge in [-0.3, -0.25) is 0 Å². The van der Waals surface area contributed by atoms with Gasteiger partial charge in [0.05, 0.1) is 11.1 Å². The molecule has 3 N–H and O–H groups in total. The molecule has 2 aromatic rings.